The summed E-state index contributed by atoms with van der Waals surface area (Å²) >= 11 is 0. The minimum Gasteiger partial charge on any atom is -0.457 e. The lowest BCUT2D eigenvalue weighted by molar-refractivity contribution is -0.233. The number of nitrogens with zero attached hydrogens (tertiary/aromatic N) is 1. The van der Waals surface area contributed by atoms with Crippen molar-refractivity contribution in [2.45, 2.75) is 172 Å². The molecule has 0 N–H and O–H groups in total. The van der Waals surface area contributed by atoms with E-state index in [2.05, 4.69) is 0 Å². The zero-order valence-electron chi connectivity index (χ0n) is 27.8. The summed E-state index contributed by atoms with van der Waals surface area (Å²) in [6.45, 7) is 14.7. The molecule has 47 heavy (non-hydrogen) atoms. The quantitative estimate of drug-likeness (QED) is 0.400. The maximum absolute atomic E-state index is 14.9. The van der Waals surface area contributed by atoms with Gasteiger partial charge in [-0.05, 0) is 55.4 Å². The van der Waals surface area contributed by atoms with E-state index in [4.69, 9.17) is 47.4 Å². The van der Waals surface area contributed by atoms with Crippen molar-refractivity contribution in [1.82, 2.24) is 4.90 Å². The summed E-state index contributed by atoms with van der Waals surface area (Å²) in [5.41, 5.74) is 0. The number of hydrogen-bond acceptors (Lipinski definition) is 13. The van der Waals surface area contributed by atoms with Crippen LogP contribution in [0.5, 0.6) is 0 Å². The molecule has 0 aromatic rings. The first-order chi connectivity index (χ1) is 21.4. The standard InChI is InChI=1S/C30H42F3NO13/c1-11(35)38-15-13(17-21(44-26(3,4)40-17)23-19(15)42-28(7,8)46-23)34(25(37)30(31,32)33)14-16(39-12(2)36)20-24(47-29(9,10)43-20)22-18(14)41-27(5,6)45-22/h13-24H,1-10H3/t13-,14-,15-,16-,17+,18+,19+,20+,21+,22+,23+,24+/m1/s1. The number of ether oxygens (including phenoxy) is 10. The fourth-order valence-electron chi connectivity index (χ4n) is 7.99. The van der Waals surface area contributed by atoms with Gasteiger partial charge in [0.25, 0.3) is 0 Å². The van der Waals surface area contributed by atoms with Gasteiger partial charge in [-0.1, -0.05) is 0 Å². The highest BCUT2D eigenvalue weighted by Gasteiger charge is 2.72. The Balaban J connectivity index is 1.57. The molecule has 0 radical (unpaired) electrons. The summed E-state index contributed by atoms with van der Waals surface area (Å²) in [5.74, 6) is -9.37. The van der Waals surface area contributed by atoms with Crippen LogP contribution in [0.25, 0.3) is 0 Å². The number of carbonyl (C=O) groups excluding carboxylic acids is 3. The molecule has 14 nitrogen and oxygen atoms in total. The number of rotatable bonds is 4. The summed E-state index contributed by atoms with van der Waals surface area (Å²) < 4.78 is 106. The van der Waals surface area contributed by atoms with Gasteiger partial charge in [-0.25, -0.2) is 0 Å². The van der Waals surface area contributed by atoms with Crippen LogP contribution in [0.2, 0.25) is 0 Å². The number of carbonyl (C=O) groups is 3. The van der Waals surface area contributed by atoms with Crippen molar-refractivity contribution in [2.75, 3.05) is 0 Å². The third-order valence-electron chi connectivity index (χ3n) is 9.02. The molecule has 6 aliphatic rings. The molecule has 2 saturated carbocycles. The van der Waals surface area contributed by atoms with Crippen LogP contribution in [0, 0.1) is 0 Å². The van der Waals surface area contributed by atoms with Crippen LogP contribution in [0.1, 0.15) is 69.2 Å². The van der Waals surface area contributed by atoms with E-state index in [1.807, 2.05) is 0 Å². The summed E-state index contributed by atoms with van der Waals surface area (Å²) in [7, 11) is 0. The molecule has 6 fully saturated rings. The van der Waals surface area contributed by atoms with Gasteiger partial charge in [0, 0.05) is 13.8 Å². The SMILES string of the molecule is CC(=O)O[C@H]1[C@@H]2OC(C)(C)O[C@@H]2[C@H]2OC(C)(C)O[C@H]2[C@@H]1N(C(=O)C(F)(F)F)[C@H]1[C@@H]2OC(C)(C)O[C@@H]2[C@H]2OC(C)(C)O[C@H]2[C@@H]1OC(C)=O. The van der Waals surface area contributed by atoms with E-state index >= 15 is 0 Å². The zero-order valence-corrected chi connectivity index (χ0v) is 27.8. The van der Waals surface area contributed by atoms with E-state index in [0.717, 1.165) is 13.8 Å². The topological polar surface area (TPSA) is 147 Å². The summed E-state index contributed by atoms with van der Waals surface area (Å²) in [6, 6.07) is -3.47. The van der Waals surface area contributed by atoms with Crippen LogP contribution in [-0.2, 0) is 61.8 Å². The van der Waals surface area contributed by atoms with Crippen LogP contribution in [0.4, 0.5) is 13.2 Å². The van der Waals surface area contributed by atoms with Crippen molar-refractivity contribution < 1.29 is 74.9 Å². The second-order valence-corrected chi connectivity index (χ2v) is 14.6. The van der Waals surface area contributed by atoms with E-state index in [1.54, 1.807) is 55.4 Å². The molecule has 17 heteroatoms. The fraction of sp³-hybridized carbons (Fsp3) is 0.900. The average molecular weight is 682 g/mol. The molecule has 0 aromatic carbocycles. The normalized spacial score (nSPS) is 43.7. The molecular formula is C30H42F3NO13. The molecule has 2 aliphatic carbocycles. The number of amides is 1. The molecule has 1 amide bonds. The van der Waals surface area contributed by atoms with E-state index in [-0.39, 0.29) is 0 Å². The van der Waals surface area contributed by atoms with E-state index in [9.17, 15) is 27.6 Å². The Morgan fingerprint density at radius 3 is 1.04 bits per heavy atom. The lowest BCUT2D eigenvalue weighted by Crippen LogP contribution is -2.76. The molecule has 266 valence electrons. The molecule has 4 saturated heterocycles. The monoisotopic (exact) mass is 681 g/mol. The molecule has 0 unspecified atom stereocenters. The van der Waals surface area contributed by atoms with Gasteiger partial charge in [0.1, 0.15) is 60.9 Å². The minimum atomic E-state index is -5.48. The maximum atomic E-state index is 14.9. The van der Waals surface area contributed by atoms with E-state index < -0.39 is 120 Å². The number of fused-ring (bicyclic) bond motifs is 6. The Bertz CT molecular complexity index is 1220. The van der Waals surface area contributed by atoms with Crippen molar-refractivity contribution in [2.24, 2.45) is 0 Å². The van der Waals surface area contributed by atoms with Gasteiger partial charge in [0.05, 0.1) is 0 Å². The van der Waals surface area contributed by atoms with Gasteiger partial charge in [-0.2, -0.15) is 13.2 Å². The van der Waals surface area contributed by atoms with Crippen LogP contribution in [0.15, 0.2) is 0 Å². The zero-order chi connectivity index (χ0) is 34.8. The largest absolute Gasteiger partial charge is 0.471 e. The molecule has 0 spiro atoms. The van der Waals surface area contributed by atoms with E-state index in [0.29, 0.717) is 4.90 Å². The molecule has 12 atom stereocenters. The molecule has 4 heterocycles. The highest BCUT2D eigenvalue weighted by molar-refractivity contribution is 5.83. The highest BCUT2D eigenvalue weighted by Crippen LogP contribution is 2.52. The van der Waals surface area contributed by atoms with Crippen molar-refractivity contribution in [3.63, 3.8) is 0 Å². The maximum Gasteiger partial charge on any atom is 0.471 e. The van der Waals surface area contributed by atoms with Gasteiger partial charge < -0.3 is 52.3 Å². The summed E-state index contributed by atoms with van der Waals surface area (Å²) in [5, 5.41) is 0. The second-order valence-electron chi connectivity index (χ2n) is 14.6. The first-order valence-corrected chi connectivity index (χ1v) is 15.6. The molecule has 4 aliphatic heterocycles. The third-order valence-corrected chi connectivity index (χ3v) is 9.02. The van der Waals surface area contributed by atoms with Crippen LogP contribution >= 0.6 is 0 Å². The van der Waals surface area contributed by atoms with Gasteiger partial charge >= 0.3 is 24.0 Å². The van der Waals surface area contributed by atoms with Crippen molar-refractivity contribution in [3.05, 3.63) is 0 Å². The average Bonchev–Trinajstić information content (AvgIpc) is 3.59. The molecule has 0 bridgehead atoms. The smallest absolute Gasteiger partial charge is 0.457 e. The Kier molecular flexibility index (Phi) is 8.08. The van der Waals surface area contributed by atoms with Gasteiger partial charge in [0.2, 0.25) is 0 Å². The predicted octanol–water partition coefficient (Wildman–Crippen LogP) is 2.09. The Labute approximate surface area is 269 Å². The minimum absolute atomic E-state index is 0.488. The molecular weight excluding hydrogens is 639 g/mol. The lowest BCUT2D eigenvalue weighted by Gasteiger charge is -2.53. The summed E-state index contributed by atoms with van der Waals surface area (Å²) in [4.78, 5) is 39.7. The van der Waals surface area contributed by atoms with Crippen LogP contribution in [-0.4, -0.2) is 125 Å². The highest BCUT2D eigenvalue weighted by atomic mass is 19.4. The predicted molar refractivity (Wildman–Crippen MR) is 147 cm³/mol. The Morgan fingerprint density at radius 2 is 0.766 bits per heavy atom. The molecule has 6 rings (SSSR count). The number of hydrogen-bond donors (Lipinski definition) is 0. The van der Waals surface area contributed by atoms with Crippen molar-refractivity contribution in [3.8, 4) is 0 Å². The van der Waals surface area contributed by atoms with Crippen LogP contribution in [0.3, 0.4) is 0 Å². The van der Waals surface area contributed by atoms with E-state index in [1.165, 1.54) is 0 Å². The lowest BCUT2D eigenvalue weighted by atomic mass is 9.77. The summed E-state index contributed by atoms with van der Waals surface area (Å²) in [6.07, 6.45) is -17.9. The third kappa shape index (κ3) is 6.15. The Hall–Kier alpha value is -2.12. The Morgan fingerprint density at radius 1 is 0.511 bits per heavy atom. The number of esters is 2. The van der Waals surface area contributed by atoms with Gasteiger partial charge in [-0.3, -0.25) is 14.4 Å². The molecule has 0 aromatic heterocycles. The van der Waals surface area contributed by atoms with Crippen LogP contribution < -0.4 is 0 Å². The van der Waals surface area contributed by atoms with Gasteiger partial charge in [-0.15, -0.1) is 0 Å². The number of halogens is 3. The number of alkyl halides is 3. The first-order valence-electron chi connectivity index (χ1n) is 15.6. The first kappa shape index (κ1) is 34.7. The van der Waals surface area contributed by atoms with Crippen molar-refractivity contribution >= 4 is 17.8 Å². The van der Waals surface area contributed by atoms with Gasteiger partial charge in [0.15, 0.2) is 35.4 Å². The van der Waals surface area contributed by atoms with Crippen molar-refractivity contribution in [1.29, 1.82) is 0 Å². The fourth-order valence-corrected chi connectivity index (χ4v) is 7.99. The second kappa shape index (κ2) is 10.9.